The van der Waals surface area contributed by atoms with Crippen LogP contribution < -0.4 is 9.47 Å². The number of benzene rings is 2. The molecule has 0 spiro atoms. The Morgan fingerprint density at radius 1 is 1.00 bits per heavy atom. The summed E-state index contributed by atoms with van der Waals surface area (Å²) in [6.45, 7) is 9.58. The molecular formula is C20H25NO2. The van der Waals surface area contributed by atoms with E-state index in [4.69, 9.17) is 9.47 Å². The van der Waals surface area contributed by atoms with Crippen LogP contribution in [0.25, 0.3) is 0 Å². The highest BCUT2D eigenvalue weighted by atomic mass is 16.5. The molecule has 0 N–H and O–H groups in total. The van der Waals surface area contributed by atoms with Gasteiger partial charge in [0, 0.05) is 6.21 Å². The molecule has 0 aliphatic rings. The van der Waals surface area contributed by atoms with Gasteiger partial charge in [-0.05, 0) is 55.7 Å². The van der Waals surface area contributed by atoms with Gasteiger partial charge >= 0.3 is 0 Å². The largest absolute Gasteiger partial charge is 0.490 e. The Morgan fingerprint density at radius 3 is 2.39 bits per heavy atom. The van der Waals surface area contributed by atoms with Crippen LogP contribution in [0.2, 0.25) is 0 Å². The lowest BCUT2D eigenvalue weighted by Gasteiger charge is -2.13. The third-order valence-corrected chi connectivity index (χ3v) is 3.24. The van der Waals surface area contributed by atoms with Gasteiger partial charge in [-0.3, -0.25) is 4.99 Å². The van der Waals surface area contributed by atoms with E-state index in [1.54, 1.807) is 0 Å². The molecule has 0 aromatic heterocycles. The smallest absolute Gasteiger partial charge is 0.161 e. The predicted molar refractivity (Wildman–Crippen MR) is 96.4 cm³/mol. The maximum atomic E-state index is 5.81. The Kier molecular flexibility index (Phi) is 6.21. The van der Waals surface area contributed by atoms with Gasteiger partial charge in [0.15, 0.2) is 11.5 Å². The highest BCUT2D eigenvalue weighted by Crippen LogP contribution is 2.28. The number of hydrogen-bond acceptors (Lipinski definition) is 3. The zero-order valence-corrected chi connectivity index (χ0v) is 14.4. The molecular weight excluding hydrogens is 286 g/mol. The molecule has 2 aromatic rings. The third kappa shape index (κ3) is 5.44. The van der Waals surface area contributed by atoms with Crippen LogP contribution >= 0.6 is 0 Å². The van der Waals surface area contributed by atoms with Gasteiger partial charge in [0.1, 0.15) is 0 Å². The predicted octanol–water partition coefficient (Wildman–Crippen LogP) is 5.18. The molecule has 122 valence electrons. The summed E-state index contributed by atoms with van der Waals surface area (Å²) in [5, 5.41) is 0. The first-order valence-corrected chi connectivity index (χ1v) is 8.09. The van der Waals surface area contributed by atoms with Gasteiger partial charge in [0.25, 0.3) is 0 Å². The number of nitrogens with zero attached hydrogens (tertiary/aromatic N) is 1. The zero-order valence-electron chi connectivity index (χ0n) is 14.4. The maximum absolute atomic E-state index is 5.81. The van der Waals surface area contributed by atoms with E-state index < -0.39 is 0 Å². The molecule has 2 aromatic carbocycles. The van der Waals surface area contributed by atoms with Crippen LogP contribution in [0.5, 0.6) is 11.5 Å². The Balaban J connectivity index is 2.15. The molecule has 0 unspecified atom stereocenters. The molecule has 0 radical (unpaired) electrons. The van der Waals surface area contributed by atoms with Crippen molar-refractivity contribution in [1.29, 1.82) is 0 Å². The van der Waals surface area contributed by atoms with Gasteiger partial charge in [-0.15, -0.1) is 0 Å². The Hall–Kier alpha value is -2.29. The van der Waals surface area contributed by atoms with Crippen molar-refractivity contribution in [3.8, 4) is 11.5 Å². The van der Waals surface area contributed by atoms with Gasteiger partial charge in [0.2, 0.25) is 0 Å². The number of aryl methyl sites for hydroxylation is 1. The fourth-order valence-corrected chi connectivity index (χ4v) is 2.03. The lowest BCUT2D eigenvalue weighted by atomic mass is 10.2. The van der Waals surface area contributed by atoms with E-state index in [1.165, 1.54) is 5.56 Å². The highest BCUT2D eigenvalue weighted by molar-refractivity contribution is 5.83. The molecule has 3 nitrogen and oxygen atoms in total. The van der Waals surface area contributed by atoms with Crippen LogP contribution in [0.4, 0.5) is 5.69 Å². The lowest BCUT2D eigenvalue weighted by Crippen LogP contribution is -2.06. The molecule has 0 amide bonds. The quantitative estimate of drug-likeness (QED) is 0.660. The minimum absolute atomic E-state index is 0.479. The van der Waals surface area contributed by atoms with Gasteiger partial charge in [-0.1, -0.05) is 31.5 Å². The monoisotopic (exact) mass is 311 g/mol. The average Bonchev–Trinajstić information content (AvgIpc) is 2.53. The molecule has 0 saturated carbocycles. The number of aliphatic imine (C=N–C) groups is 1. The van der Waals surface area contributed by atoms with Crippen molar-refractivity contribution >= 4 is 11.9 Å². The van der Waals surface area contributed by atoms with Gasteiger partial charge in [0.05, 0.1) is 18.9 Å². The summed E-state index contributed by atoms with van der Waals surface area (Å²) in [6, 6.07) is 14.0. The maximum Gasteiger partial charge on any atom is 0.161 e. The van der Waals surface area contributed by atoms with E-state index in [1.807, 2.05) is 43.5 Å². The van der Waals surface area contributed by atoms with Crippen LogP contribution in [0, 0.1) is 12.8 Å². The van der Waals surface area contributed by atoms with E-state index in [0.717, 1.165) is 22.7 Å². The van der Waals surface area contributed by atoms with Crippen molar-refractivity contribution in [3.63, 3.8) is 0 Å². The molecule has 0 saturated heterocycles. The molecule has 0 atom stereocenters. The van der Waals surface area contributed by atoms with E-state index >= 15 is 0 Å². The first-order chi connectivity index (χ1) is 11.1. The number of hydrogen-bond donors (Lipinski definition) is 0. The summed E-state index contributed by atoms with van der Waals surface area (Å²) in [7, 11) is 0. The van der Waals surface area contributed by atoms with E-state index in [2.05, 4.69) is 37.9 Å². The van der Waals surface area contributed by atoms with Crippen molar-refractivity contribution in [3.05, 3.63) is 53.6 Å². The minimum Gasteiger partial charge on any atom is -0.490 e. The summed E-state index contributed by atoms with van der Waals surface area (Å²) in [5.74, 6) is 2.03. The first kappa shape index (κ1) is 17.1. The molecule has 2 rings (SSSR count). The van der Waals surface area contributed by atoms with E-state index in [0.29, 0.717) is 19.1 Å². The minimum atomic E-state index is 0.479. The topological polar surface area (TPSA) is 30.8 Å². The number of rotatable bonds is 7. The second kappa shape index (κ2) is 8.37. The van der Waals surface area contributed by atoms with E-state index in [-0.39, 0.29) is 0 Å². The Labute approximate surface area is 139 Å². The fourth-order valence-electron chi connectivity index (χ4n) is 2.03. The van der Waals surface area contributed by atoms with Crippen LogP contribution in [0.1, 0.15) is 31.9 Å². The molecule has 23 heavy (non-hydrogen) atoms. The zero-order chi connectivity index (χ0) is 16.7. The van der Waals surface area contributed by atoms with Gasteiger partial charge in [-0.2, -0.15) is 0 Å². The molecule has 0 fully saturated rings. The standard InChI is InChI=1S/C20H25NO2/c1-5-22-20-12-17(8-11-19(20)23-14-15(2)3)13-21-18-9-6-16(4)7-10-18/h6-13,15H,5,14H2,1-4H3. The second-order valence-electron chi connectivity index (χ2n) is 5.94. The van der Waals surface area contributed by atoms with Crippen molar-refractivity contribution in [2.24, 2.45) is 10.9 Å². The first-order valence-electron chi connectivity index (χ1n) is 8.09. The van der Waals surface area contributed by atoms with E-state index in [9.17, 15) is 0 Å². The molecule has 0 aliphatic heterocycles. The van der Waals surface area contributed by atoms with Crippen LogP contribution in [-0.2, 0) is 0 Å². The normalized spacial score (nSPS) is 11.2. The van der Waals surface area contributed by atoms with Crippen molar-refractivity contribution < 1.29 is 9.47 Å². The molecule has 0 bridgehead atoms. The molecule has 0 aliphatic carbocycles. The van der Waals surface area contributed by atoms with Gasteiger partial charge in [-0.25, -0.2) is 0 Å². The summed E-state index contributed by atoms with van der Waals surface area (Å²) < 4.78 is 11.5. The summed E-state index contributed by atoms with van der Waals surface area (Å²) in [5.41, 5.74) is 3.16. The van der Waals surface area contributed by atoms with Gasteiger partial charge < -0.3 is 9.47 Å². The third-order valence-electron chi connectivity index (χ3n) is 3.24. The molecule has 0 heterocycles. The van der Waals surface area contributed by atoms with Crippen molar-refractivity contribution in [2.45, 2.75) is 27.7 Å². The SMILES string of the molecule is CCOc1cc(C=Nc2ccc(C)cc2)ccc1OCC(C)C. The van der Waals surface area contributed by atoms with Crippen molar-refractivity contribution in [1.82, 2.24) is 0 Å². The Morgan fingerprint density at radius 2 is 1.74 bits per heavy atom. The summed E-state index contributed by atoms with van der Waals surface area (Å²) in [6.07, 6.45) is 1.85. The van der Waals surface area contributed by atoms with Crippen LogP contribution in [0.15, 0.2) is 47.5 Å². The fraction of sp³-hybridized carbons (Fsp3) is 0.350. The van der Waals surface area contributed by atoms with Crippen LogP contribution in [0.3, 0.4) is 0 Å². The lowest BCUT2D eigenvalue weighted by molar-refractivity contribution is 0.248. The molecule has 3 heteroatoms. The second-order valence-corrected chi connectivity index (χ2v) is 5.94. The Bertz CT molecular complexity index is 645. The average molecular weight is 311 g/mol. The van der Waals surface area contributed by atoms with Crippen molar-refractivity contribution in [2.75, 3.05) is 13.2 Å². The van der Waals surface area contributed by atoms with Crippen LogP contribution in [-0.4, -0.2) is 19.4 Å². The summed E-state index contributed by atoms with van der Waals surface area (Å²) >= 11 is 0. The highest BCUT2D eigenvalue weighted by Gasteiger charge is 2.07. The number of ether oxygens (including phenoxy) is 2. The summed E-state index contributed by atoms with van der Waals surface area (Å²) in [4.78, 5) is 4.50.